The van der Waals surface area contributed by atoms with E-state index in [-0.39, 0.29) is 24.4 Å². The molecular weight excluding hydrogens is 461 g/mol. The Balaban J connectivity index is 1.97. The van der Waals surface area contributed by atoms with Gasteiger partial charge in [0.05, 0.1) is 17.7 Å². The van der Waals surface area contributed by atoms with Crippen LogP contribution in [0.1, 0.15) is 62.1 Å². The standard InChI is InChI=1S/C25H29ClF5NO/c1-24(14-21(32)15-5-3-4-6-15,19-13-18(27)7-8-22(19)33-2)10-9-16-11-17(25(29,30)31)12-20(26)23(16)28/h7-8,11-13,15,21H,3-6,9-10,14,32H2,1-2H3. The van der Waals surface area contributed by atoms with E-state index >= 15 is 0 Å². The Hall–Kier alpha value is -1.86. The zero-order chi connectivity index (χ0) is 24.4. The van der Waals surface area contributed by atoms with E-state index in [0.717, 1.165) is 31.7 Å². The molecule has 2 nitrogen and oxygen atoms in total. The van der Waals surface area contributed by atoms with Crippen molar-refractivity contribution in [3.05, 3.63) is 63.7 Å². The van der Waals surface area contributed by atoms with Crippen LogP contribution in [-0.2, 0) is 18.0 Å². The maximum atomic E-state index is 14.7. The molecule has 3 rings (SSSR count). The van der Waals surface area contributed by atoms with Crippen molar-refractivity contribution in [1.82, 2.24) is 0 Å². The molecule has 0 bridgehead atoms. The summed E-state index contributed by atoms with van der Waals surface area (Å²) >= 11 is 5.77. The highest BCUT2D eigenvalue weighted by atomic mass is 35.5. The predicted molar refractivity (Wildman–Crippen MR) is 120 cm³/mol. The van der Waals surface area contributed by atoms with Gasteiger partial charge in [-0.3, -0.25) is 0 Å². The summed E-state index contributed by atoms with van der Waals surface area (Å²) in [4.78, 5) is 0. The lowest BCUT2D eigenvalue weighted by Crippen LogP contribution is -2.38. The number of alkyl halides is 3. The molecule has 1 fully saturated rings. The lowest BCUT2D eigenvalue weighted by Gasteiger charge is -2.36. The smallest absolute Gasteiger partial charge is 0.416 e. The summed E-state index contributed by atoms with van der Waals surface area (Å²) in [6.07, 6.45) is 0.256. The molecule has 0 heterocycles. The molecule has 33 heavy (non-hydrogen) atoms. The summed E-state index contributed by atoms with van der Waals surface area (Å²) in [5.41, 5.74) is 5.23. The van der Waals surface area contributed by atoms with Gasteiger partial charge in [-0.1, -0.05) is 31.4 Å². The number of aryl methyl sites for hydroxylation is 1. The molecule has 1 aliphatic rings. The first-order valence-electron chi connectivity index (χ1n) is 11.1. The summed E-state index contributed by atoms with van der Waals surface area (Å²) in [5, 5.41) is -0.576. The maximum absolute atomic E-state index is 14.7. The fourth-order valence-corrected chi connectivity index (χ4v) is 5.21. The first-order chi connectivity index (χ1) is 15.4. The Labute approximate surface area is 196 Å². The Kier molecular flexibility index (Phi) is 7.95. The highest BCUT2D eigenvalue weighted by Crippen LogP contribution is 2.43. The van der Waals surface area contributed by atoms with Gasteiger partial charge in [-0.25, -0.2) is 8.78 Å². The lowest BCUT2D eigenvalue weighted by molar-refractivity contribution is -0.137. The normalized spacial score (nSPS) is 17.7. The van der Waals surface area contributed by atoms with Gasteiger partial charge in [0, 0.05) is 11.6 Å². The molecule has 0 radical (unpaired) electrons. The van der Waals surface area contributed by atoms with Crippen LogP contribution in [0.5, 0.6) is 5.75 Å². The molecule has 1 saturated carbocycles. The SMILES string of the molecule is COc1ccc(F)cc1C(C)(CCc1cc(C(F)(F)F)cc(Cl)c1F)CC(N)C1CCCC1. The van der Waals surface area contributed by atoms with E-state index in [1.807, 2.05) is 6.92 Å². The minimum Gasteiger partial charge on any atom is -0.496 e. The molecule has 2 N–H and O–H groups in total. The molecule has 0 aliphatic heterocycles. The molecule has 0 aromatic heterocycles. The Morgan fingerprint density at radius 2 is 1.79 bits per heavy atom. The number of halogens is 6. The van der Waals surface area contributed by atoms with Crippen molar-refractivity contribution in [3.8, 4) is 5.75 Å². The number of methoxy groups -OCH3 is 1. The van der Waals surface area contributed by atoms with Crippen LogP contribution in [0.25, 0.3) is 0 Å². The third-order valence-corrected chi connectivity index (χ3v) is 7.16. The largest absolute Gasteiger partial charge is 0.496 e. The van der Waals surface area contributed by atoms with Crippen LogP contribution < -0.4 is 10.5 Å². The number of hydrogen-bond acceptors (Lipinski definition) is 2. The number of hydrogen-bond donors (Lipinski definition) is 1. The lowest BCUT2D eigenvalue weighted by atomic mass is 9.71. The quantitative estimate of drug-likeness (QED) is 0.391. The summed E-state index contributed by atoms with van der Waals surface area (Å²) in [6, 6.07) is 5.38. The van der Waals surface area contributed by atoms with Crippen molar-refractivity contribution in [2.24, 2.45) is 11.7 Å². The molecule has 0 spiro atoms. The Morgan fingerprint density at radius 3 is 2.39 bits per heavy atom. The number of ether oxygens (including phenoxy) is 1. The van der Waals surface area contributed by atoms with Crippen LogP contribution in [0.4, 0.5) is 22.0 Å². The fraction of sp³-hybridized carbons (Fsp3) is 0.520. The molecule has 0 amide bonds. The number of nitrogens with two attached hydrogens (primary N) is 1. The van der Waals surface area contributed by atoms with E-state index in [1.165, 1.54) is 25.3 Å². The minimum atomic E-state index is -4.65. The van der Waals surface area contributed by atoms with Gasteiger partial charge in [0.25, 0.3) is 0 Å². The van der Waals surface area contributed by atoms with Crippen molar-refractivity contribution >= 4 is 11.6 Å². The molecular formula is C25H29ClF5NO. The maximum Gasteiger partial charge on any atom is 0.416 e. The molecule has 0 saturated heterocycles. The topological polar surface area (TPSA) is 35.2 Å². The second-order valence-electron chi connectivity index (χ2n) is 9.25. The third-order valence-electron chi connectivity index (χ3n) is 6.88. The van der Waals surface area contributed by atoms with E-state index in [9.17, 15) is 22.0 Å². The second kappa shape index (κ2) is 10.2. The van der Waals surface area contributed by atoms with Crippen LogP contribution in [0.3, 0.4) is 0 Å². The van der Waals surface area contributed by atoms with Crippen LogP contribution in [0.2, 0.25) is 5.02 Å². The summed E-state index contributed by atoms with van der Waals surface area (Å²) in [7, 11) is 1.47. The van der Waals surface area contributed by atoms with E-state index in [2.05, 4.69) is 0 Å². The zero-order valence-corrected chi connectivity index (χ0v) is 19.5. The summed E-state index contributed by atoms with van der Waals surface area (Å²) < 4.78 is 74.1. The summed E-state index contributed by atoms with van der Waals surface area (Å²) in [5.74, 6) is -0.554. The average Bonchev–Trinajstić information content (AvgIpc) is 3.29. The Bertz CT molecular complexity index is 974. The first-order valence-corrected chi connectivity index (χ1v) is 11.5. The zero-order valence-electron chi connectivity index (χ0n) is 18.7. The van der Waals surface area contributed by atoms with E-state index in [1.54, 1.807) is 0 Å². The van der Waals surface area contributed by atoms with Crippen molar-refractivity contribution in [3.63, 3.8) is 0 Å². The van der Waals surface area contributed by atoms with Crippen LogP contribution in [0.15, 0.2) is 30.3 Å². The number of benzene rings is 2. The van der Waals surface area contributed by atoms with Gasteiger partial charge in [-0.05, 0) is 79.3 Å². The van der Waals surface area contributed by atoms with Gasteiger partial charge in [-0.15, -0.1) is 0 Å². The molecule has 2 aromatic rings. The first kappa shape index (κ1) is 25.8. The molecule has 2 unspecified atom stereocenters. The predicted octanol–water partition coefficient (Wildman–Crippen LogP) is 7.44. The average molecular weight is 490 g/mol. The highest BCUT2D eigenvalue weighted by Gasteiger charge is 2.36. The van der Waals surface area contributed by atoms with Crippen molar-refractivity contribution in [2.75, 3.05) is 7.11 Å². The fourth-order valence-electron chi connectivity index (χ4n) is 4.97. The van der Waals surface area contributed by atoms with Crippen LogP contribution >= 0.6 is 11.6 Å². The summed E-state index contributed by atoms with van der Waals surface area (Å²) in [6.45, 7) is 1.88. The molecule has 2 atom stereocenters. The van der Waals surface area contributed by atoms with Gasteiger partial charge in [-0.2, -0.15) is 13.2 Å². The number of rotatable bonds is 8. The molecule has 182 valence electrons. The van der Waals surface area contributed by atoms with Crippen LogP contribution in [0, 0.1) is 17.6 Å². The van der Waals surface area contributed by atoms with Gasteiger partial charge in [0.2, 0.25) is 0 Å². The van der Waals surface area contributed by atoms with Gasteiger partial charge in [0.1, 0.15) is 17.4 Å². The molecule has 8 heteroatoms. The second-order valence-corrected chi connectivity index (χ2v) is 9.65. The van der Waals surface area contributed by atoms with Crippen molar-refractivity contribution < 1.29 is 26.7 Å². The molecule has 1 aliphatic carbocycles. The van der Waals surface area contributed by atoms with Gasteiger partial charge < -0.3 is 10.5 Å². The van der Waals surface area contributed by atoms with Crippen molar-refractivity contribution in [1.29, 1.82) is 0 Å². The Morgan fingerprint density at radius 1 is 1.12 bits per heavy atom. The van der Waals surface area contributed by atoms with Crippen LogP contribution in [-0.4, -0.2) is 13.2 Å². The third kappa shape index (κ3) is 5.99. The van der Waals surface area contributed by atoms with E-state index in [4.69, 9.17) is 22.1 Å². The van der Waals surface area contributed by atoms with Gasteiger partial charge in [0.15, 0.2) is 0 Å². The van der Waals surface area contributed by atoms with E-state index in [0.29, 0.717) is 29.7 Å². The minimum absolute atomic E-state index is 0.0248. The van der Waals surface area contributed by atoms with E-state index < -0.39 is 33.8 Å². The highest BCUT2D eigenvalue weighted by molar-refractivity contribution is 6.30. The molecule has 2 aromatic carbocycles. The van der Waals surface area contributed by atoms with Crippen molar-refractivity contribution in [2.45, 2.75) is 69.5 Å². The monoisotopic (exact) mass is 489 g/mol. The van der Waals surface area contributed by atoms with Gasteiger partial charge >= 0.3 is 6.18 Å².